The number of hydrogen-bond acceptors (Lipinski definition) is 5. The van der Waals surface area contributed by atoms with Gasteiger partial charge in [0, 0.05) is 12.7 Å². The van der Waals surface area contributed by atoms with Crippen LogP contribution >= 0.6 is 0 Å². The van der Waals surface area contributed by atoms with Crippen LogP contribution in [0, 0.1) is 5.82 Å². The van der Waals surface area contributed by atoms with E-state index in [4.69, 9.17) is 10.5 Å². The van der Waals surface area contributed by atoms with Crippen molar-refractivity contribution in [1.29, 1.82) is 0 Å². The standard InChI is InChI=1S/C20H21FN4O4/c1-29-17-6-5-12(9-15(17)21)16-4-2-3-7-25(16)20(28)19(27)24-14-8-13(18(22)26)10-23-11-14/h5-6,8-11,16H,2-4,7H2,1H3,(H2,22,26)(H,24,27)/t16-/m0/s1. The SMILES string of the molecule is COc1ccc([C@@H]2CCCCN2C(=O)C(=O)Nc2cncc(C(N)=O)c2)cc1F. The molecule has 0 unspecified atom stereocenters. The molecule has 0 bridgehead atoms. The maximum absolute atomic E-state index is 14.1. The summed E-state index contributed by atoms with van der Waals surface area (Å²) in [4.78, 5) is 41.8. The molecule has 1 saturated heterocycles. The smallest absolute Gasteiger partial charge is 0.313 e. The monoisotopic (exact) mass is 400 g/mol. The molecule has 1 aliphatic heterocycles. The highest BCUT2D eigenvalue weighted by atomic mass is 19.1. The number of hydrogen-bond donors (Lipinski definition) is 2. The molecule has 152 valence electrons. The highest BCUT2D eigenvalue weighted by Gasteiger charge is 2.32. The van der Waals surface area contributed by atoms with Crippen molar-refractivity contribution in [2.75, 3.05) is 19.0 Å². The van der Waals surface area contributed by atoms with Crippen LogP contribution in [-0.4, -0.2) is 41.3 Å². The summed E-state index contributed by atoms with van der Waals surface area (Å²) >= 11 is 0. The Balaban J connectivity index is 1.78. The summed E-state index contributed by atoms with van der Waals surface area (Å²) in [5.74, 6) is -2.72. The lowest BCUT2D eigenvalue weighted by Crippen LogP contribution is -2.44. The van der Waals surface area contributed by atoms with Gasteiger partial charge in [0.2, 0.25) is 5.91 Å². The van der Waals surface area contributed by atoms with E-state index in [1.807, 2.05) is 0 Å². The first-order valence-electron chi connectivity index (χ1n) is 9.11. The molecule has 0 radical (unpaired) electrons. The van der Waals surface area contributed by atoms with Gasteiger partial charge >= 0.3 is 11.8 Å². The summed E-state index contributed by atoms with van der Waals surface area (Å²) < 4.78 is 19.1. The molecule has 2 heterocycles. The predicted octanol–water partition coefficient (Wildman–Crippen LogP) is 2.02. The van der Waals surface area contributed by atoms with E-state index in [0.29, 0.717) is 18.5 Å². The average molecular weight is 400 g/mol. The number of carbonyl (C=O) groups is 3. The number of nitrogens with two attached hydrogens (primary N) is 1. The average Bonchev–Trinajstić information content (AvgIpc) is 2.73. The third kappa shape index (κ3) is 4.50. The van der Waals surface area contributed by atoms with E-state index in [-0.39, 0.29) is 17.0 Å². The molecule has 0 spiro atoms. The van der Waals surface area contributed by atoms with E-state index >= 15 is 0 Å². The van der Waals surface area contributed by atoms with Gasteiger partial charge in [-0.25, -0.2) is 4.39 Å². The number of halogens is 1. The highest BCUT2D eigenvalue weighted by Crippen LogP contribution is 2.33. The minimum atomic E-state index is -0.866. The number of likely N-dealkylation sites (tertiary alicyclic amines) is 1. The van der Waals surface area contributed by atoms with Gasteiger partial charge in [-0.15, -0.1) is 0 Å². The van der Waals surface area contributed by atoms with Crippen LogP contribution in [0.15, 0.2) is 36.7 Å². The third-order valence-electron chi connectivity index (χ3n) is 4.80. The first-order chi connectivity index (χ1) is 13.9. The van der Waals surface area contributed by atoms with Crippen LogP contribution in [0.3, 0.4) is 0 Å². The minimum absolute atomic E-state index is 0.111. The zero-order valence-corrected chi connectivity index (χ0v) is 15.9. The second-order valence-electron chi connectivity index (χ2n) is 6.68. The first-order valence-corrected chi connectivity index (χ1v) is 9.11. The van der Waals surface area contributed by atoms with Gasteiger partial charge in [-0.2, -0.15) is 0 Å². The lowest BCUT2D eigenvalue weighted by atomic mass is 9.95. The number of nitrogens with one attached hydrogen (secondary N) is 1. The Hall–Kier alpha value is -3.49. The van der Waals surface area contributed by atoms with E-state index in [0.717, 1.165) is 12.8 Å². The van der Waals surface area contributed by atoms with Crippen LogP contribution in [-0.2, 0) is 9.59 Å². The molecule has 1 aromatic carbocycles. The first kappa shape index (κ1) is 20.2. The van der Waals surface area contributed by atoms with Crippen molar-refractivity contribution >= 4 is 23.4 Å². The Morgan fingerprint density at radius 3 is 2.72 bits per heavy atom. The molecule has 1 atom stereocenters. The number of aromatic nitrogens is 1. The number of carbonyl (C=O) groups excluding carboxylic acids is 3. The summed E-state index contributed by atoms with van der Waals surface area (Å²) in [6.07, 6.45) is 4.79. The molecule has 0 saturated carbocycles. The predicted molar refractivity (Wildman–Crippen MR) is 103 cm³/mol. The van der Waals surface area contributed by atoms with Crippen LogP contribution in [0.25, 0.3) is 0 Å². The topological polar surface area (TPSA) is 115 Å². The van der Waals surface area contributed by atoms with Crippen molar-refractivity contribution in [3.05, 3.63) is 53.6 Å². The van der Waals surface area contributed by atoms with Gasteiger partial charge in [-0.3, -0.25) is 19.4 Å². The van der Waals surface area contributed by atoms with Crippen molar-refractivity contribution in [2.24, 2.45) is 5.73 Å². The van der Waals surface area contributed by atoms with Gasteiger partial charge in [0.25, 0.3) is 0 Å². The maximum atomic E-state index is 14.1. The largest absolute Gasteiger partial charge is 0.494 e. The van der Waals surface area contributed by atoms with Crippen molar-refractivity contribution < 1.29 is 23.5 Å². The second-order valence-corrected chi connectivity index (χ2v) is 6.68. The van der Waals surface area contributed by atoms with E-state index in [9.17, 15) is 18.8 Å². The lowest BCUT2D eigenvalue weighted by Gasteiger charge is -2.35. The minimum Gasteiger partial charge on any atom is -0.494 e. The molecule has 2 aromatic rings. The Kier molecular flexibility index (Phi) is 6.06. The Bertz CT molecular complexity index is 950. The molecule has 3 rings (SSSR count). The molecular weight excluding hydrogens is 379 g/mol. The normalized spacial score (nSPS) is 16.2. The highest BCUT2D eigenvalue weighted by molar-refractivity contribution is 6.39. The molecule has 1 aromatic heterocycles. The van der Waals surface area contributed by atoms with E-state index in [1.54, 1.807) is 6.07 Å². The van der Waals surface area contributed by atoms with Crippen molar-refractivity contribution in [2.45, 2.75) is 25.3 Å². The fraction of sp³-hybridized carbons (Fsp3) is 0.300. The lowest BCUT2D eigenvalue weighted by molar-refractivity contribution is -0.145. The number of amides is 3. The van der Waals surface area contributed by atoms with Crippen LogP contribution in [0.5, 0.6) is 5.75 Å². The number of ether oxygens (including phenoxy) is 1. The fourth-order valence-electron chi connectivity index (χ4n) is 3.37. The Morgan fingerprint density at radius 2 is 2.03 bits per heavy atom. The molecule has 1 fully saturated rings. The Morgan fingerprint density at radius 1 is 1.24 bits per heavy atom. The van der Waals surface area contributed by atoms with Gasteiger partial charge in [0.05, 0.1) is 30.6 Å². The zero-order chi connectivity index (χ0) is 21.0. The Labute approximate surface area is 166 Å². The molecule has 29 heavy (non-hydrogen) atoms. The van der Waals surface area contributed by atoms with Gasteiger partial charge in [0.15, 0.2) is 11.6 Å². The molecule has 3 amide bonds. The number of piperidine rings is 1. The molecule has 1 aliphatic rings. The molecular formula is C20H21FN4O4. The number of methoxy groups -OCH3 is 1. The quantitative estimate of drug-likeness (QED) is 0.762. The van der Waals surface area contributed by atoms with E-state index in [1.165, 1.54) is 42.6 Å². The summed E-state index contributed by atoms with van der Waals surface area (Å²) in [5.41, 5.74) is 6.09. The summed E-state index contributed by atoms with van der Waals surface area (Å²) in [5, 5.41) is 2.44. The van der Waals surface area contributed by atoms with E-state index in [2.05, 4.69) is 10.3 Å². The van der Waals surface area contributed by atoms with Crippen molar-refractivity contribution in [3.63, 3.8) is 0 Å². The number of nitrogens with zero attached hydrogens (tertiary/aromatic N) is 2. The van der Waals surface area contributed by atoms with Gasteiger partial charge in [-0.1, -0.05) is 6.07 Å². The second kappa shape index (κ2) is 8.68. The van der Waals surface area contributed by atoms with Crippen LogP contribution < -0.4 is 15.8 Å². The number of pyridine rings is 1. The number of rotatable bonds is 4. The maximum Gasteiger partial charge on any atom is 0.313 e. The molecule has 0 aliphatic carbocycles. The van der Waals surface area contributed by atoms with Crippen LogP contribution in [0.4, 0.5) is 10.1 Å². The molecule has 9 heteroatoms. The number of benzene rings is 1. The summed E-state index contributed by atoms with van der Waals surface area (Å²) in [6, 6.07) is 5.44. The fourth-order valence-corrected chi connectivity index (χ4v) is 3.37. The molecule has 3 N–H and O–H groups in total. The molecule has 8 nitrogen and oxygen atoms in total. The van der Waals surface area contributed by atoms with Crippen molar-refractivity contribution in [3.8, 4) is 5.75 Å². The zero-order valence-electron chi connectivity index (χ0n) is 15.9. The van der Waals surface area contributed by atoms with Crippen LogP contribution in [0.2, 0.25) is 0 Å². The van der Waals surface area contributed by atoms with Gasteiger partial charge in [0.1, 0.15) is 0 Å². The van der Waals surface area contributed by atoms with Crippen LogP contribution in [0.1, 0.15) is 41.2 Å². The van der Waals surface area contributed by atoms with E-state index < -0.39 is 29.6 Å². The number of anilines is 1. The van der Waals surface area contributed by atoms with Crippen molar-refractivity contribution in [1.82, 2.24) is 9.88 Å². The summed E-state index contributed by atoms with van der Waals surface area (Å²) in [6.45, 7) is 0.379. The van der Waals surface area contributed by atoms with Gasteiger partial charge < -0.3 is 20.7 Å². The summed E-state index contributed by atoms with van der Waals surface area (Å²) in [7, 11) is 1.38. The third-order valence-corrected chi connectivity index (χ3v) is 4.80. The number of primary amides is 1. The van der Waals surface area contributed by atoms with Gasteiger partial charge in [-0.05, 0) is 43.0 Å².